The Morgan fingerprint density at radius 3 is 2.48 bits per heavy atom. The summed E-state index contributed by atoms with van der Waals surface area (Å²) >= 11 is 5.30. The second-order valence-electron chi connectivity index (χ2n) is 4.47. The number of aromatic nitrogens is 1. The van der Waals surface area contributed by atoms with Gasteiger partial charge in [-0.3, -0.25) is 10.4 Å². The number of nitrogens with zero attached hydrogens (tertiary/aromatic N) is 3. The molecule has 1 aromatic rings. The number of likely N-dealkylation sites (tertiary alicyclic amines) is 1. The number of hydrazone groups is 1. The second-order valence-corrected chi connectivity index (χ2v) is 4.86. The van der Waals surface area contributed by atoms with E-state index in [4.69, 9.17) is 12.2 Å². The van der Waals surface area contributed by atoms with Crippen LogP contribution >= 0.6 is 12.2 Å². The fourth-order valence-electron chi connectivity index (χ4n) is 1.92. The summed E-state index contributed by atoms with van der Waals surface area (Å²) in [5.41, 5.74) is 5.67. The van der Waals surface area contributed by atoms with Crippen molar-refractivity contribution in [1.82, 2.24) is 15.3 Å². The summed E-state index contributed by atoms with van der Waals surface area (Å²) in [4.78, 5) is 6.57. The third-order valence-electron chi connectivity index (χ3n) is 2.97. The van der Waals surface area contributed by atoms with Gasteiger partial charge in [0.15, 0.2) is 5.11 Å². The molecule has 2 heterocycles. The normalized spacial score (nSPS) is 13.6. The number of nitrogens with one attached hydrogen (secondary N) is 1. The molecule has 0 unspecified atom stereocenters. The van der Waals surface area contributed by atoms with Crippen molar-refractivity contribution in [1.29, 1.82) is 0 Å². The first kappa shape index (κ1) is 22.9. The first-order chi connectivity index (χ1) is 8.66. The monoisotopic (exact) mass is 395 g/mol. The van der Waals surface area contributed by atoms with Crippen molar-refractivity contribution in [2.75, 3.05) is 13.1 Å². The van der Waals surface area contributed by atoms with Gasteiger partial charge in [-0.2, -0.15) is 5.10 Å². The molecule has 0 aromatic carbocycles. The Morgan fingerprint density at radius 2 is 1.90 bits per heavy atom. The van der Waals surface area contributed by atoms with E-state index in [1.54, 1.807) is 0 Å². The summed E-state index contributed by atoms with van der Waals surface area (Å²) < 4.78 is 0. The summed E-state index contributed by atoms with van der Waals surface area (Å²) in [6, 6.07) is 5.90. The zero-order valence-electron chi connectivity index (χ0n) is 11.9. The largest absolute Gasteiger partial charge is 2.00 e. The molecule has 1 fully saturated rings. The Kier molecular flexibility index (Phi) is 12.2. The van der Waals surface area contributed by atoms with Crippen molar-refractivity contribution in [2.45, 2.75) is 26.7 Å². The predicted octanol–water partition coefficient (Wildman–Crippen LogP) is -3.91. The predicted molar refractivity (Wildman–Crippen MR) is 77.7 cm³/mol. The van der Waals surface area contributed by atoms with Crippen LogP contribution in [0.25, 0.3) is 0 Å². The minimum absolute atomic E-state index is 0. The molecule has 121 valence electrons. The Morgan fingerprint density at radius 1 is 1.29 bits per heavy atom. The van der Waals surface area contributed by atoms with E-state index in [-0.39, 0.29) is 41.9 Å². The maximum Gasteiger partial charge on any atom is 2.00 e. The standard InChI is InChI=1S/C13H18N4S.2ClH.Cu/c1-10-6-5-7-12(14-10)11(2)15-16-13(18)17-8-3-4-9-17;;;/h5-7H,3-4,8-9H2,1-2H3,(H,16,18);2*1H;/q;;;+2/p-2/b15-11+;;;. The van der Waals surface area contributed by atoms with Crippen LogP contribution in [0.5, 0.6) is 0 Å². The van der Waals surface area contributed by atoms with Crippen molar-refractivity contribution >= 4 is 23.0 Å². The van der Waals surface area contributed by atoms with Gasteiger partial charge in [-0.05, 0) is 51.0 Å². The average molecular weight is 397 g/mol. The van der Waals surface area contributed by atoms with Gasteiger partial charge in [0.25, 0.3) is 0 Å². The Labute approximate surface area is 154 Å². The van der Waals surface area contributed by atoms with Crippen molar-refractivity contribution in [3.63, 3.8) is 0 Å². The van der Waals surface area contributed by atoms with Crippen LogP contribution in [-0.4, -0.2) is 33.8 Å². The molecule has 21 heavy (non-hydrogen) atoms. The molecular weight excluding hydrogens is 379 g/mol. The summed E-state index contributed by atoms with van der Waals surface area (Å²) in [6.45, 7) is 5.96. The van der Waals surface area contributed by atoms with Gasteiger partial charge in [0.2, 0.25) is 0 Å². The van der Waals surface area contributed by atoms with Gasteiger partial charge in [-0.1, -0.05) is 6.07 Å². The molecule has 8 heteroatoms. The summed E-state index contributed by atoms with van der Waals surface area (Å²) in [6.07, 6.45) is 2.42. The molecule has 2 rings (SSSR count). The maximum atomic E-state index is 5.30. The van der Waals surface area contributed by atoms with Crippen molar-refractivity contribution in [3.8, 4) is 0 Å². The molecule has 0 aliphatic carbocycles. The minimum Gasteiger partial charge on any atom is -1.00 e. The molecule has 0 saturated carbocycles. The molecule has 0 amide bonds. The Balaban J connectivity index is 0. The fourth-order valence-corrected chi connectivity index (χ4v) is 2.15. The zero-order chi connectivity index (χ0) is 13.0. The molecule has 4 nitrogen and oxygen atoms in total. The first-order valence-electron chi connectivity index (χ1n) is 6.20. The van der Waals surface area contributed by atoms with Gasteiger partial charge in [-0.15, -0.1) is 0 Å². The van der Waals surface area contributed by atoms with E-state index in [1.807, 2.05) is 32.0 Å². The average Bonchev–Trinajstić information content (AvgIpc) is 2.89. The molecule has 1 aromatic heterocycles. The molecule has 1 saturated heterocycles. The van der Waals surface area contributed by atoms with Gasteiger partial charge in [0, 0.05) is 18.8 Å². The first-order valence-corrected chi connectivity index (χ1v) is 6.61. The van der Waals surface area contributed by atoms with Crippen molar-refractivity contribution < 1.29 is 41.9 Å². The molecule has 1 aliphatic heterocycles. The van der Waals surface area contributed by atoms with Crippen LogP contribution in [-0.2, 0) is 17.1 Å². The SMILES string of the molecule is C/C(=N\NC(=S)N1CCCC1)c1cccc(C)n1.[Cl-].[Cl-].[Cu+2]. The van der Waals surface area contributed by atoms with E-state index in [0.29, 0.717) is 5.11 Å². The van der Waals surface area contributed by atoms with Gasteiger partial charge in [0.1, 0.15) is 0 Å². The van der Waals surface area contributed by atoms with E-state index in [0.717, 1.165) is 30.2 Å². The topological polar surface area (TPSA) is 40.5 Å². The quantitative estimate of drug-likeness (QED) is 0.240. The van der Waals surface area contributed by atoms with E-state index in [2.05, 4.69) is 20.4 Å². The third-order valence-corrected chi connectivity index (χ3v) is 3.32. The smallest absolute Gasteiger partial charge is 1.00 e. The van der Waals surface area contributed by atoms with Gasteiger partial charge < -0.3 is 29.7 Å². The fraction of sp³-hybridized carbons (Fsp3) is 0.462. The zero-order valence-corrected chi connectivity index (χ0v) is 15.1. The molecule has 0 atom stereocenters. The van der Waals surface area contributed by atoms with Gasteiger partial charge in [0.05, 0.1) is 11.4 Å². The number of halogens is 2. The van der Waals surface area contributed by atoms with Crippen LogP contribution in [0, 0.1) is 6.92 Å². The number of hydrogen-bond donors (Lipinski definition) is 1. The molecule has 1 aliphatic rings. The second kappa shape index (κ2) is 11.2. The van der Waals surface area contributed by atoms with E-state index < -0.39 is 0 Å². The maximum absolute atomic E-state index is 5.30. The summed E-state index contributed by atoms with van der Waals surface area (Å²) in [5.74, 6) is 0. The van der Waals surface area contributed by atoms with Gasteiger partial charge in [-0.25, -0.2) is 0 Å². The number of rotatable bonds is 2. The summed E-state index contributed by atoms with van der Waals surface area (Å²) in [7, 11) is 0. The van der Waals surface area contributed by atoms with Crippen LogP contribution < -0.4 is 30.2 Å². The Hall–Kier alpha value is -0.391. The van der Waals surface area contributed by atoms with Crippen LogP contribution in [0.2, 0.25) is 0 Å². The number of aryl methyl sites for hydroxylation is 1. The van der Waals surface area contributed by atoms with Gasteiger partial charge >= 0.3 is 17.1 Å². The molecule has 0 bridgehead atoms. The third kappa shape index (κ3) is 6.94. The van der Waals surface area contributed by atoms with Crippen LogP contribution in [0.3, 0.4) is 0 Å². The minimum atomic E-state index is 0. The number of pyridine rings is 1. The van der Waals surface area contributed by atoms with Crippen LogP contribution in [0.4, 0.5) is 0 Å². The van der Waals surface area contributed by atoms with Crippen LogP contribution in [0.1, 0.15) is 31.2 Å². The van der Waals surface area contributed by atoms with Crippen molar-refractivity contribution in [3.05, 3.63) is 29.6 Å². The van der Waals surface area contributed by atoms with Crippen LogP contribution in [0.15, 0.2) is 23.3 Å². The van der Waals surface area contributed by atoms with Crippen molar-refractivity contribution in [2.24, 2.45) is 5.10 Å². The van der Waals surface area contributed by atoms with E-state index in [9.17, 15) is 0 Å². The van der Waals surface area contributed by atoms with E-state index in [1.165, 1.54) is 12.8 Å². The number of hydrogen-bond acceptors (Lipinski definition) is 3. The molecule has 1 N–H and O–H groups in total. The Bertz CT molecular complexity index is 479. The van der Waals surface area contributed by atoms with E-state index >= 15 is 0 Å². The summed E-state index contributed by atoms with van der Waals surface area (Å²) in [5, 5.41) is 5.01. The molecule has 1 radical (unpaired) electrons. The molecular formula is C13H18Cl2CuN4S. The number of thiocarbonyl (C=S) groups is 1. The molecule has 0 spiro atoms.